The Labute approximate surface area is 119 Å². The van der Waals surface area contributed by atoms with Gasteiger partial charge in [-0.25, -0.2) is 0 Å². The molecule has 3 aromatic rings. The van der Waals surface area contributed by atoms with Crippen molar-refractivity contribution < 1.29 is 0 Å². The van der Waals surface area contributed by atoms with Gasteiger partial charge in [-0.15, -0.1) is 0 Å². The van der Waals surface area contributed by atoms with Crippen molar-refractivity contribution in [2.75, 3.05) is 0 Å². The van der Waals surface area contributed by atoms with Gasteiger partial charge in [-0.3, -0.25) is 0 Å². The minimum atomic E-state index is 0.785. The summed E-state index contributed by atoms with van der Waals surface area (Å²) in [7, 11) is 0. The van der Waals surface area contributed by atoms with Crippen molar-refractivity contribution in [2.24, 2.45) is 0 Å². The third-order valence-corrected chi connectivity index (χ3v) is 5.51. The average molecular weight is 258 g/mol. The van der Waals surface area contributed by atoms with Crippen molar-refractivity contribution in [3.8, 4) is 0 Å². The van der Waals surface area contributed by atoms with Crippen LogP contribution < -0.4 is 0 Å². The third kappa shape index (κ3) is 1.27. The van der Waals surface area contributed by atoms with E-state index in [2.05, 4.69) is 48.5 Å². The molecule has 0 amide bonds. The van der Waals surface area contributed by atoms with Gasteiger partial charge in [-0.2, -0.15) is 0 Å². The number of rotatable bonds is 0. The Bertz CT molecular complexity index is 828. The van der Waals surface area contributed by atoms with Crippen LogP contribution in [0.5, 0.6) is 0 Å². The van der Waals surface area contributed by atoms with Crippen molar-refractivity contribution in [1.82, 2.24) is 0 Å². The molecule has 1 saturated carbocycles. The highest BCUT2D eigenvalue weighted by Crippen LogP contribution is 2.54. The van der Waals surface area contributed by atoms with E-state index >= 15 is 0 Å². The first-order chi connectivity index (χ1) is 9.93. The van der Waals surface area contributed by atoms with Crippen LogP contribution in [0.3, 0.4) is 0 Å². The molecule has 3 aromatic carbocycles. The zero-order valence-electron chi connectivity index (χ0n) is 11.6. The molecule has 0 saturated heterocycles. The minimum absolute atomic E-state index is 0.785. The molecule has 2 aliphatic carbocycles. The van der Waals surface area contributed by atoms with E-state index in [1.807, 2.05) is 0 Å². The van der Waals surface area contributed by atoms with E-state index in [1.54, 1.807) is 16.5 Å². The number of hydrogen-bond acceptors (Lipinski definition) is 0. The molecular weight excluding hydrogens is 240 g/mol. The van der Waals surface area contributed by atoms with Gasteiger partial charge in [0.1, 0.15) is 0 Å². The standard InChI is InChI=1S/C20H18/c1-2-7-14-13(6-1)12-19-16-9-4-3-8-15(16)18-11-5-10-17(14)20(18)19/h1-2,5-7,10-12,15-16H,3-4,8-9H2. The van der Waals surface area contributed by atoms with Gasteiger partial charge in [0, 0.05) is 0 Å². The molecule has 0 spiro atoms. The zero-order chi connectivity index (χ0) is 13.1. The predicted molar refractivity (Wildman–Crippen MR) is 85.4 cm³/mol. The molecule has 20 heavy (non-hydrogen) atoms. The summed E-state index contributed by atoms with van der Waals surface area (Å²) in [5.74, 6) is 1.58. The van der Waals surface area contributed by atoms with Gasteiger partial charge in [-0.1, -0.05) is 61.4 Å². The van der Waals surface area contributed by atoms with Crippen LogP contribution in [0.2, 0.25) is 0 Å². The fourth-order valence-electron chi connectivity index (χ4n) is 4.70. The molecule has 0 aromatic heterocycles. The van der Waals surface area contributed by atoms with E-state index in [4.69, 9.17) is 0 Å². The molecule has 0 aliphatic heterocycles. The van der Waals surface area contributed by atoms with Crippen molar-refractivity contribution in [1.29, 1.82) is 0 Å². The molecule has 2 unspecified atom stereocenters. The molecule has 0 N–H and O–H groups in total. The van der Waals surface area contributed by atoms with Crippen LogP contribution in [-0.2, 0) is 0 Å². The lowest BCUT2D eigenvalue weighted by Gasteiger charge is -2.26. The molecule has 0 nitrogen and oxygen atoms in total. The normalized spacial score (nSPS) is 24.2. The van der Waals surface area contributed by atoms with Crippen LogP contribution in [0, 0.1) is 0 Å². The van der Waals surface area contributed by atoms with Gasteiger partial charge in [-0.05, 0) is 57.3 Å². The van der Waals surface area contributed by atoms with Gasteiger partial charge in [0.05, 0.1) is 0 Å². The van der Waals surface area contributed by atoms with Crippen molar-refractivity contribution in [3.05, 3.63) is 59.7 Å². The lowest BCUT2D eigenvalue weighted by molar-refractivity contribution is 0.400. The third-order valence-electron chi connectivity index (χ3n) is 5.51. The van der Waals surface area contributed by atoms with E-state index in [9.17, 15) is 0 Å². The van der Waals surface area contributed by atoms with E-state index in [1.165, 1.54) is 41.8 Å². The smallest absolute Gasteiger partial charge is 0.00864 e. The van der Waals surface area contributed by atoms with Gasteiger partial charge in [0.25, 0.3) is 0 Å². The van der Waals surface area contributed by atoms with Crippen molar-refractivity contribution in [2.45, 2.75) is 37.5 Å². The topological polar surface area (TPSA) is 0 Å². The Balaban J connectivity index is 1.96. The SMILES string of the molecule is c1ccc2c(c1)cc1c3c(cccc32)C2CCCCC12. The first-order valence-electron chi connectivity index (χ1n) is 7.88. The largest absolute Gasteiger partial charge is 0.0616 e. The molecule has 0 heterocycles. The molecule has 1 fully saturated rings. The Morgan fingerprint density at radius 3 is 2.35 bits per heavy atom. The highest BCUT2D eigenvalue weighted by molar-refractivity contribution is 6.11. The molecule has 0 radical (unpaired) electrons. The number of fused-ring (bicyclic) bond motifs is 5. The zero-order valence-corrected chi connectivity index (χ0v) is 11.6. The van der Waals surface area contributed by atoms with Crippen LogP contribution in [0.25, 0.3) is 21.5 Å². The first kappa shape index (κ1) is 10.9. The molecular formula is C20H18. The Hall–Kier alpha value is -1.82. The summed E-state index contributed by atoms with van der Waals surface area (Å²) < 4.78 is 0. The lowest BCUT2D eigenvalue weighted by atomic mass is 9.78. The summed E-state index contributed by atoms with van der Waals surface area (Å²) >= 11 is 0. The number of benzene rings is 3. The van der Waals surface area contributed by atoms with Crippen LogP contribution >= 0.6 is 0 Å². The minimum Gasteiger partial charge on any atom is -0.0616 e. The summed E-state index contributed by atoms with van der Waals surface area (Å²) in [4.78, 5) is 0. The maximum Gasteiger partial charge on any atom is -0.00864 e. The fraction of sp³-hybridized carbons (Fsp3) is 0.300. The number of hydrogen-bond donors (Lipinski definition) is 0. The van der Waals surface area contributed by atoms with E-state index in [-0.39, 0.29) is 0 Å². The van der Waals surface area contributed by atoms with Gasteiger partial charge in [0.15, 0.2) is 0 Å². The Kier molecular flexibility index (Phi) is 2.10. The molecule has 2 aliphatic rings. The lowest BCUT2D eigenvalue weighted by Crippen LogP contribution is -2.10. The second kappa shape index (κ2) is 3.85. The maximum absolute atomic E-state index is 2.48. The Morgan fingerprint density at radius 1 is 0.700 bits per heavy atom. The summed E-state index contributed by atoms with van der Waals surface area (Å²) in [5.41, 5.74) is 3.27. The second-order valence-corrected chi connectivity index (χ2v) is 6.45. The molecule has 2 atom stereocenters. The van der Waals surface area contributed by atoms with Crippen LogP contribution in [0.15, 0.2) is 48.5 Å². The van der Waals surface area contributed by atoms with E-state index < -0.39 is 0 Å². The van der Waals surface area contributed by atoms with E-state index in [0.717, 1.165) is 11.8 Å². The van der Waals surface area contributed by atoms with Gasteiger partial charge in [0.2, 0.25) is 0 Å². The quantitative estimate of drug-likeness (QED) is 0.450. The monoisotopic (exact) mass is 258 g/mol. The highest BCUT2D eigenvalue weighted by atomic mass is 14.4. The highest BCUT2D eigenvalue weighted by Gasteiger charge is 2.36. The second-order valence-electron chi connectivity index (χ2n) is 6.45. The maximum atomic E-state index is 2.48. The van der Waals surface area contributed by atoms with Gasteiger partial charge >= 0.3 is 0 Å². The Morgan fingerprint density at radius 2 is 1.45 bits per heavy atom. The molecule has 5 rings (SSSR count). The summed E-state index contributed by atoms with van der Waals surface area (Å²) in [5, 5.41) is 5.90. The summed E-state index contributed by atoms with van der Waals surface area (Å²) in [6, 6.07) is 18.3. The van der Waals surface area contributed by atoms with E-state index in [0.29, 0.717) is 0 Å². The molecule has 98 valence electrons. The van der Waals surface area contributed by atoms with Crippen LogP contribution in [0.1, 0.15) is 48.6 Å². The molecule has 0 heteroatoms. The van der Waals surface area contributed by atoms with Gasteiger partial charge < -0.3 is 0 Å². The summed E-state index contributed by atoms with van der Waals surface area (Å²) in [6.07, 6.45) is 5.58. The van der Waals surface area contributed by atoms with Crippen LogP contribution in [-0.4, -0.2) is 0 Å². The van der Waals surface area contributed by atoms with Crippen molar-refractivity contribution >= 4 is 21.5 Å². The average Bonchev–Trinajstić information content (AvgIpc) is 2.84. The predicted octanol–water partition coefficient (Wildman–Crippen LogP) is 5.75. The fourth-order valence-corrected chi connectivity index (χ4v) is 4.70. The van der Waals surface area contributed by atoms with Crippen LogP contribution in [0.4, 0.5) is 0 Å². The van der Waals surface area contributed by atoms with Crippen molar-refractivity contribution in [3.63, 3.8) is 0 Å². The molecule has 0 bridgehead atoms. The summed E-state index contributed by atoms with van der Waals surface area (Å²) in [6.45, 7) is 0. The first-order valence-corrected chi connectivity index (χ1v) is 7.88.